The first-order valence-corrected chi connectivity index (χ1v) is 5.56. The molecule has 2 nitrogen and oxygen atoms in total. The SMILES string of the molecule is Cc1ccc(N=C(N)C2CC2)c(Br)c1. The molecule has 0 amide bonds. The van der Waals surface area contributed by atoms with E-state index in [4.69, 9.17) is 5.73 Å². The maximum absolute atomic E-state index is 5.85. The fraction of sp³-hybridized carbons (Fsp3) is 0.364. The Balaban J connectivity index is 2.27. The highest BCUT2D eigenvalue weighted by Gasteiger charge is 2.25. The molecular formula is C11H13BrN2. The number of rotatable bonds is 2. The summed E-state index contributed by atoms with van der Waals surface area (Å²) in [5.74, 6) is 1.30. The molecule has 3 heteroatoms. The van der Waals surface area contributed by atoms with Gasteiger partial charge in [-0.05, 0) is 53.4 Å². The topological polar surface area (TPSA) is 38.4 Å². The van der Waals surface area contributed by atoms with Crippen LogP contribution in [0.5, 0.6) is 0 Å². The molecule has 1 aliphatic rings. The second kappa shape index (κ2) is 3.73. The molecule has 0 spiro atoms. The molecule has 2 N–H and O–H groups in total. The van der Waals surface area contributed by atoms with Gasteiger partial charge < -0.3 is 5.73 Å². The maximum atomic E-state index is 5.85. The summed E-state index contributed by atoms with van der Waals surface area (Å²) in [4.78, 5) is 4.41. The fourth-order valence-electron chi connectivity index (χ4n) is 1.31. The second-order valence-corrected chi connectivity index (χ2v) is 4.62. The van der Waals surface area contributed by atoms with Crippen molar-refractivity contribution in [3.05, 3.63) is 28.2 Å². The van der Waals surface area contributed by atoms with Gasteiger partial charge >= 0.3 is 0 Å². The lowest BCUT2D eigenvalue weighted by Gasteiger charge is -2.01. The van der Waals surface area contributed by atoms with Gasteiger partial charge in [0.2, 0.25) is 0 Å². The summed E-state index contributed by atoms with van der Waals surface area (Å²) in [7, 11) is 0. The summed E-state index contributed by atoms with van der Waals surface area (Å²) in [6, 6.07) is 6.09. The Morgan fingerprint density at radius 2 is 2.21 bits per heavy atom. The van der Waals surface area contributed by atoms with Crippen LogP contribution in [0.2, 0.25) is 0 Å². The van der Waals surface area contributed by atoms with E-state index in [9.17, 15) is 0 Å². The first kappa shape index (κ1) is 9.71. The van der Waals surface area contributed by atoms with Crippen LogP contribution in [0.15, 0.2) is 27.7 Å². The lowest BCUT2D eigenvalue weighted by molar-refractivity contribution is 1.15. The Morgan fingerprint density at radius 1 is 1.50 bits per heavy atom. The summed E-state index contributed by atoms with van der Waals surface area (Å²) in [5, 5.41) is 0. The monoisotopic (exact) mass is 252 g/mol. The maximum Gasteiger partial charge on any atom is 0.103 e. The van der Waals surface area contributed by atoms with Crippen molar-refractivity contribution in [2.45, 2.75) is 19.8 Å². The van der Waals surface area contributed by atoms with Gasteiger partial charge in [0.15, 0.2) is 0 Å². The molecule has 1 aliphatic carbocycles. The van der Waals surface area contributed by atoms with Crippen LogP contribution in [0.4, 0.5) is 5.69 Å². The normalized spacial score (nSPS) is 17.1. The quantitative estimate of drug-likeness (QED) is 0.638. The van der Waals surface area contributed by atoms with Crippen molar-refractivity contribution < 1.29 is 0 Å². The minimum atomic E-state index is 0.531. The number of amidine groups is 1. The molecule has 0 heterocycles. The minimum absolute atomic E-state index is 0.531. The number of hydrogen-bond donors (Lipinski definition) is 1. The first-order chi connectivity index (χ1) is 6.66. The third-order valence-corrected chi connectivity index (χ3v) is 2.98. The zero-order valence-corrected chi connectivity index (χ0v) is 9.71. The minimum Gasteiger partial charge on any atom is -0.387 e. The van der Waals surface area contributed by atoms with Gasteiger partial charge in [0.1, 0.15) is 5.84 Å². The summed E-state index contributed by atoms with van der Waals surface area (Å²) >= 11 is 3.48. The Kier molecular flexibility index (Phi) is 2.59. The number of nitrogens with zero attached hydrogens (tertiary/aromatic N) is 1. The Labute approximate surface area is 92.4 Å². The molecule has 1 aromatic carbocycles. The molecule has 1 saturated carbocycles. The summed E-state index contributed by atoms with van der Waals surface area (Å²) in [6.45, 7) is 2.06. The molecule has 1 fully saturated rings. The summed E-state index contributed by atoms with van der Waals surface area (Å²) < 4.78 is 1.01. The summed E-state index contributed by atoms with van der Waals surface area (Å²) in [6.07, 6.45) is 2.39. The number of aliphatic imine (C=N–C) groups is 1. The molecular weight excluding hydrogens is 240 g/mol. The van der Waals surface area contributed by atoms with Crippen LogP contribution >= 0.6 is 15.9 Å². The van der Waals surface area contributed by atoms with Crippen molar-refractivity contribution in [1.82, 2.24) is 0 Å². The average Bonchev–Trinajstić information content (AvgIpc) is 2.92. The molecule has 74 valence electrons. The van der Waals surface area contributed by atoms with Crippen molar-refractivity contribution in [3.63, 3.8) is 0 Å². The van der Waals surface area contributed by atoms with Crippen molar-refractivity contribution in [2.75, 3.05) is 0 Å². The zero-order valence-electron chi connectivity index (χ0n) is 8.13. The number of nitrogens with two attached hydrogens (primary N) is 1. The molecule has 0 unspecified atom stereocenters. The van der Waals surface area contributed by atoms with Gasteiger partial charge in [-0.1, -0.05) is 6.07 Å². The zero-order chi connectivity index (χ0) is 10.1. The van der Waals surface area contributed by atoms with E-state index in [-0.39, 0.29) is 0 Å². The molecule has 14 heavy (non-hydrogen) atoms. The van der Waals surface area contributed by atoms with Crippen LogP contribution in [0.3, 0.4) is 0 Å². The van der Waals surface area contributed by atoms with E-state index in [0.29, 0.717) is 5.92 Å². The third-order valence-electron chi connectivity index (χ3n) is 2.35. The van der Waals surface area contributed by atoms with Gasteiger partial charge in [-0.3, -0.25) is 0 Å². The van der Waals surface area contributed by atoms with E-state index in [1.807, 2.05) is 12.1 Å². The summed E-state index contributed by atoms with van der Waals surface area (Å²) in [5.41, 5.74) is 8.00. The predicted octanol–water partition coefficient (Wildman–Crippen LogP) is 3.16. The Hall–Kier alpha value is -0.830. The third kappa shape index (κ3) is 2.15. The van der Waals surface area contributed by atoms with Gasteiger partial charge in [0.05, 0.1) is 5.69 Å². The van der Waals surface area contributed by atoms with Crippen molar-refractivity contribution in [3.8, 4) is 0 Å². The van der Waals surface area contributed by atoms with Gasteiger partial charge in [0.25, 0.3) is 0 Å². The van der Waals surface area contributed by atoms with Gasteiger partial charge in [-0.2, -0.15) is 0 Å². The number of benzene rings is 1. The predicted molar refractivity (Wildman–Crippen MR) is 62.9 cm³/mol. The van der Waals surface area contributed by atoms with Gasteiger partial charge in [0, 0.05) is 10.4 Å². The van der Waals surface area contributed by atoms with E-state index in [1.54, 1.807) is 0 Å². The van der Waals surface area contributed by atoms with Crippen molar-refractivity contribution >= 4 is 27.5 Å². The van der Waals surface area contributed by atoms with Crippen molar-refractivity contribution in [2.24, 2.45) is 16.6 Å². The lowest BCUT2D eigenvalue weighted by Crippen LogP contribution is -2.13. The van der Waals surface area contributed by atoms with E-state index >= 15 is 0 Å². The lowest BCUT2D eigenvalue weighted by atomic mass is 10.2. The van der Waals surface area contributed by atoms with Crippen LogP contribution in [0.25, 0.3) is 0 Å². The largest absolute Gasteiger partial charge is 0.387 e. The standard InChI is InChI=1S/C11H13BrN2/c1-7-2-5-10(9(12)6-7)14-11(13)8-3-4-8/h2,5-6,8H,3-4H2,1H3,(H2,13,14). The van der Waals surface area contributed by atoms with Crippen LogP contribution in [-0.4, -0.2) is 5.84 Å². The number of halogens is 1. The molecule has 0 aliphatic heterocycles. The fourth-order valence-corrected chi connectivity index (χ4v) is 1.89. The molecule has 0 aromatic heterocycles. The van der Waals surface area contributed by atoms with Crippen LogP contribution in [0.1, 0.15) is 18.4 Å². The highest BCUT2D eigenvalue weighted by Crippen LogP contribution is 2.32. The van der Waals surface area contributed by atoms with Crippen LogP contribution in [-0.2, 0) is 0 Å². The molecule has 1 aromatic rings. The number of hydrogen-bond acceptors (Lipinski definition) is 1. The van der Waals surface area contributed by atoms with E-state index in [1.165, 1.54) is 18.4 Å². The second-order valence-electron chi connectivity index (χ2n) is 3.77. The smallest absolute Gasteiger partial charge is 0.103 e. The Morgan fingerprint density at radius 3 is 2.79 bits per heavy atom. The number of aryl methyl sites for hydroxylation is 1. The van der Waals surface area contributed by atoms with E-state index < -0.39 is 0 Å². The molecule has 0 saturated heterocycles. The molecule has 2 rings (SSSR count). The highest BCUT2D eigenvalue weighted by atomic mass is 79.9. The Bertz CT molecular complexity index is 381. The molecule has 0 bridgehead atoms. The van der Waals surface area contributed by atoms with E-state index in [0.717, 1.165) is 16.0 Å². The van der Waals surface area contributed by atoms with Gasteiger partial charge in [-0.15, -0.1) is 0 Å². The molecule has 0 atom stereocenters. The molecule has 0 radical (unpaired) electrons. The first-order valence-electron chi connectivity index (χ1n) is 4.77. The van der Waals surface area contributed by atoms with Crippen molar-refractivity contribution in [1.29, 1.82) is 0 Å². The van der Waals surface area contributed by atoms with Crippen LogP contribution < -0.4 is 5.73 Å². The van der Waals surface area contributed by atoms with Crippen LogP contribution in [0, 0.1) is 12.8 Å². The van der Waals surface area contributed by atoms with E-state index in [2.05, 4.69) is 33.9 Å². The highest BCUT2D eigenvalue weighted by molar-refractivity contribution is 9.10. The average molecular weight is 253 g/mol. The van der Waals surface area contributed by atoms with Gasteiger partial charge in [-0.25, -0.2) is 4.99 Å².